The molecule has 3 aromatic heterocycles. The minimum Gasteiger partial charge on any atom is -0.475 e. The number of halogens is 9. The fraction of sp³-hybridized carbons (Fsp3) is 0.333. The minimum absolute atomic E-state index is 0.213. The van der Waals surface area contributed by atoms with Gasteiger partial charge in [0.25, 0.3) is 0 Å². The maximum absolute atomic E-state index is 10.6. The lowest BCUT2D eigenvalue weighted by Gasteiger charge is -2.38. The van der Waals surface area contributed by atoms with E-state index in [9.17, 15) is 39.5 Å². The predicted octanol–water partition coefficient (Wildman–Crippen LogP) is 5.49. The number of hydrogen-bond donors (Lipinski definition) is 3. The zero-order valence-electron chi connectivity index (χ0n) is 26.4. The van der Waals surface area contributed by atoms with Crippen LogP contribution < -0.4 is 0 Å². The predicted molar refractivity (Wildman–Crippen MR) is 159 cm³/mol. The molecular formula is C30H29F9N6O6. The van der Waals surface area contributed by atoms with Gasteiger partial charge in [-0.2, -0.15) is 39.5 Å². The van der Waals surface area contributed by atoms with Crippen LogP contribution in [-0.4, -0.2) is 108 Å². The molecule has 0 aliphatic carbocycles. The summed E-state index contributed by atoms with van der Waals surface area (Å²) in [6, 6.07) is 19.2. The van der Waals surface area contributed by atoms with Gasteiger partial charge >= 0.3 is 36.4 Å². The summed E-state index contributed by atoms with van der Waals surface area (Å²) < 4.78 is 97.1. The van der Waals surface area contributed by atoms with Crippen LogP contribution in [0.25, 0.3) is 16.6 Å². The number of piperazine rings is 1. The third-order valence-electron chi connectivity index (χ3n) is 6.71. The Morgan fingerprint density at radius 3 is 1.75 bits per heavy atom. The van der Waals surface area contributed by atoms with E-state index < -0.39 is 36.4 Å². The molecule has 0 radical (unpaired) electrons. The lowest BCUT2D eigenvalue weighted by molar-refractivity contribution is -0.193. The van der Waals surface area contributed by atoms with Crippen molar-refractivity contribution in [1.29, 1.82) is 0 Å². The normalized spacial score (nSPS) is 15.3. The lowest BCUT2D eigenvalue weighted by Crippen LogP contribution is -2.46. The Hall–Kier alpha value is -5.31. The third-order valence-corrected chi connectivity index (χ3v) is 6.71. The van der Waals surface area contributed by atoms with Gasteiger partial charge in [0, 0.05) is 44.1 Å². The van der Waals surface area contributed by atoms with Crippen LogP contribution in [0, 0.1) is 6.92 Å². The van der Waals surface area contributed by atoms with Crippen molar-refractivity contribution in [3.05, 3.63) is 83.9 Å². The number of carboxylic acids is 3. The zero-order valence-corrected chi connectivity index (χ0v) is 26.4. The van der Waals surface area contributed by atoms with Gasteiger partial charge < -0.3 is 15.3 Å². The summed E-state index contributed by atoms with van der Waals surface area (Å²) >= 11 is 0. The van der Waals surface area contributed by atoms with Gasteiger partial charge in [-0.15, -0.1) is 5.10 Å². The van der Waals surface area contributed by atoms with Crippen molar-refractivity contribution in [3.63, 3.8) is 0 Å². The van der Waals surface area contributed by atoms with Gasteiger partial charge in [0.15, 0.2) is 0 Å². The van der Waals surface area contributed by atoms with Crippen molar-refractivity contribution in [2.75, 3.05) is 26.7 Å². The van der Waals surface area contributed by atoms with E-state index in [2.05, 4.69) is 87.7 Å². The highest BCUT2D eigenvalue weighted by molar-refractivity contribution is 5.73. The van der Waals surface area contributed by atoms with Crippen LogP contribution in [0.3, 0.4) is 0 Å². The van der Waals surface area contributed by atoms with Crippen molar-refractivity contribution >= 4 is 23.4 Å². The van der Waals surface area contributed by atoms with Crippen molar-refractivity contribution < 1.29 is 69.2 Å². The first kappa shape index (κ1) is 41.9. The summed E-state index contributed by atoms with van der Waals surface area (Å²) in [4.78, 5) is 36.0. The number of carbonyl (C=O) groups is 3. The highest BCUT2D eigenvalue weighted by Gasteiger charge is 2.39. The second-order valence-electron chi connectivity index (χ2n) is 10.5. The molecule has 1 unspecified atom stereocenters. The molecule has 3 N–H and O–H groups in total. The van der Waals surface area contributed by atoms with Crippen molar-refractivity contribution in [2.45, 2.75) is 38.0 Å². The average Bonchev–Trinajstić information content (AvgIpc) is 3.45. The smallest absolute Gasteiger partial charge is 0.475 e. The Morgan fingerprint density at radius 1 is 0.765 bits per heavy atom. The molecule has 278 valence electrons. The summed E-state index contributed by atoms with van der Waals surface area (Å²) in [5.74, 6) is -8.27. The Labute approximate surface area is 282 Å². The first-order chi connectivity index (χ1) is 23.5. The van der Waals surface area contributed by atoms with Gasteiger partial charge in [-0.25, -0.2) is 18.9 Å². The van der Waals surface area contributed by atoms with Gasteiger partial charge in [0.1, 0.15) is 5.69 Å². The van der Waals surface area contributed by atoms with E-state index in [1.54, 1.807) is 0 Å². The standard InChI is InChI=1S/C24H26N6.3C2HF3O2/c1-18-6-8-19(9-7-18)20-10-11-22-24(26-27-30(22)15-20)23-17-29(14-13-28(23)2)16-21-5-3-4-12-25-21;3*3-2(4,5)1(6)7/h3-12,15,23H,13-14,16-17H2,1-2H3;3*(H,6,7). The maximum atomic E-state index is 10.6. The molecule has 1 aliphatic heterocycles. The summed E-state index contributed by atoms with van der Waals surface area (Å²) in [7, 11) is 2.18. The fourth-order valence-electron chi connectivity index (χ4n) is 4.16. The first-order valence-electron chi connectivity index (χ1n) is 14.2. The van der Waals surface area contributed by atoms with Gasteiger partial charge in [-0.3, -0.25) is 14.8 Å². The molecule has 1 aliphatic rings. The quantitative estimate of drug-likeness (QED) is 0.227. The number of hydrogen-bond acceptors (Lipinski definition) is 8. The van der Waals surface area contributed by atoms with Gasteiger partial charge in [0.2, 0.25) is 0 Å². The summed E-state index contributed by atoms with van der Waals surface area (Å²) in [5.41, 5.74) is 6.82. The molecule has 0 bridgehead atoms. The molecule has 0 spiro atoms. The Kier molecular flexibility index (Phi) is 14.4. The molecule has 51 heavy (non-hydrogen) atoms. The number of aliphatic carboxylic acids is 3. The van der Waals surface area contributed by atoms with Crippen LogP contribution in [0.2, 0.25) is 0 Å². The van der Waals surface area contributed by atoms with Gasteiger partial charge in [0.05, 0.1) is 17.3 Å². The minimum atomic E-state index is -5.08. The Balaban J connectivity index is 0.000000352. The van der Waals surface area contributed by atoms with Crippen LogP contribution in [0.4, 0.5) is 39.5 Å². The van der Waals surface area contributed by atoms with Gasteiger partial charge in [-0.1, -0.05) is 47.2 Å². The van der Waals surface area contributed by atoms with E-state index in [1.807, 2.05) is 22.8 Å². The number of aryl methyl sites for hydroxylation is 1. The number of nitrogens with zero attached hydrogens (tertiary/aromatic N) is 6. The maximum Gasteiger partial charge on any atom is 0.490 e. The van der Waals surface area contributed by atoms with Gasteiger partial charge in [-0.05, 0) is 37.7 Å². The molecule has 1 atom stereocenters. The van der Waals surface area contributed by atoms with Crippen LogP contribution in [0.1, 0.15) is 23.0 Å². The highest BCUT2D eigenvalue weighted by Crippen LogP contribution is 2.28. The molecule has 5 rings (SSSR count). The van der Waals surface area contributed by atoms with Crippen molar-refractivity contribution in [3.8, 4) is 11.1 Å². The fourth-order valence-corrected chi connectivity index (χ4v) is 4.16. The SMILES string of the molecule is Cc1ccc(-c2ccc3c(C4CN(Cc5ccccn5)CCN4C)nnn3c2)cc1.O=C(O)C(F)(F)F.O=C(O)C(F)(F)F.O=C(O)C(F)(F)F. The first-order valence-corrected chi connectivity index (χ1v) is 14.2. The number of fused-ring (bicyclic) bond motifs is 1. The molecule has 4 aromatic rings. The number of rotatable bonds is 4. The lowest BCUT2D eigenvalue weighted by atomic mass is 10.0. The molecule has 1 fully saturated rings. The highest BCUT2D eigenvalue weighted by atomic mass is 19.4. The molecule has 0 amide bonds. The van der Waals surface area contributed by atoms with Crippen LogP contribution in [0.15, 0.2) is 67.0 Å². The monoisotopic (exact) mass is 740 g/mol. The summed E-state index contributed by atoms with van der Waals surface area (Å²) in [5, 5.41) is 30.4. The molecule has 12 nitrogen and oxygen atoms in total. The molecule has 4 heterocycles. The van der Waals surface area contributed by atoms with E-state index in [1.165, 1.54) is 11.1 Å². The third kappa shape index (κ3) is 13.5. The number of aromatic nitrogens is 4. The molecule has 1 aromatic carbocycles. The second-order valence-corrected chi connectivity index (χ2v) is 10.5. The zero-order chi connectivity index (χ0) is 38.7. The number of carboxylic acid groups (broad SMARTS) is 3. The molecule has 21 heteroatoms. The van der Waals surface area contributed by atoms with E-state index in [0.29, 0.717) is 0 Å². The number of benzene rings is 1. The van der Waals surface area contributed by atoms with E-state index in [0.717, 1.165) is 48.6 Å². The number of likely N-dealkylation sites (N-methyl/N-ethyl adjacent to an activating group) is 1. The van der Waals surface area contributed by atoms with Crippen LogP contribution in [0.5, 0.6) is 0 Å². The number of pyridine rings is 2. The molecular weight excluding hydrogens is 711 g/mol. The van der Waals surface area contributed by atoms with E-state index >= 15 is 0 Å². The van der Waals surface area contributed by atoms with E-state index in [-0.39, 0.29) is 6.04 Å². The van der Waals surface area contributed by atoms with Crippen LogP contribution in [-0.2, 0) is 20.9 Å². The molecule has 1 saturated heterocycles. The van der Waals surface area contributed by atoms with E-state index in [4.69, 9.17) is 29.7 Å². The average molecular weight is 741 g/mol. The second kappa shape index (κ2) is 17.6. The van der Waals surface area contributed by atoms with Crippen molar-refractivity contribution in [1.82, 2.24) is 29.6 Å². The molecule has 0 saturated carbocycles. The van der Waals surface area contributed by atoms with Crippen LogP contribution >= 0.6 is 0 Å². The largest absolute Gasteiger partial charge is 0.490 e. The Bertz CT molecular complexity index is 1690. The summed E-state index contributed by atoms with van der Waals surface area (Å²) in [6.45, 7) is 5.91. The Morgan fingerprint density at radius 2 is 1.27 bits per heavy atom. The number of alkyl halides is 9. The topological polar surface area (TPSA) is 161 Å². The van der Waals surface area contributed by atoms with Crippen molar-refractivity contribution in [2.24, 2.45) is 0 Å². The summed E-state index contributed by atoms with van der Waals surface area (Å²) in [6.07, 6.45) is -11.3.